The number of aryl methyl sites for hydroxylation is 1. The standard InChI is InChI=1S/C12H6Cl3N3S/c1-5-16-4-8(19-5)12-17-10-7(14)3-2-6(13)9(10)11(15)18-12/h2-4H,1H3. The number of aromatic nitrogens is 3. The molecule has 0 spiro atoms. The van der Waals surface area contributed by atoms with E-state index >= 15 is 0 Å². The van der Waals surface area contributed by atoms with E-state index in [-0.39, 0.29) is 0 Å². The highest BCUT2D eigenvalue weighted by molar-refractivity contribution is 7.14. The van der Waals surface area contributed by atoms with Crippen molar-refractivity contribution in [3.05, 3.63) is 38.5 Å². The summed E-state index contributed by atoms with van der Waals surface area (Å²) in [7, 11) is 0. The SMILES string of the molecule is Cc1ncc(-c2nc(Cl)c3c(Cl)ccc(Cl)c3n2)s1. The van der Waals surface area contributed by atoms with Gasteiger partial charge in [0.25, 0.3) is 0 Å². The number of fused-ring (bicyclic) bond motifs is 1. The van der Waals surface area contributed by atoms with E-state index in [2.05, 4.69) is 15.0 Å². The molecule has 0 amide bonds. The molecule has 0 N–H and O–H groups in total. The second-order valence-electron chi connectivity index (χ2n) is 3.83. The number of benzene rings is 1. The van der Waals surface area contributed by atoms with Crippen molar-refractivity contribution in [3.63, 3.8) is 0 Å². The topological polar surface area (TPSA) is 38.7 Å². The van der Waals surface area contributed by atoms with Crippen molar-refractivity contribution in [2.75, 3.05) is 0 Å². The number of thiazole rings is 1. The second kappa shape index (κ2) is 4.87. The number of hydrogen-bond donors (Lipinski definition) is 0. The fourth-order valence-electron chi connectivity index (χ4n) is 1.70. The van der Waals surface area contributed by atoms with Gasteiger partial charge in [-0.25, -0.2) is 15.0 Å². The van der Waals surface area contributed by atoms with Gasteiger partial charge in [-0.05, 0) is 19.1 Å². The molecule has 0 atom stereocenters. The van der Waals surface area contributed by atoms with E-state index in [4.69, 9.17) is 34.8 Å². The van der Waals surface area contributed by atoms with Gasteiger partial charge in [0.2, 0.25) is 0 Å². The Balaban J connectivity index is 2.33. The Hall–Kier alpha value is -0.940. The van der Waals surface area contributed by atoms with Gasteiger partial charge in [-0.1, -0.05) is 34.8 Å². The molecule has 3 rings (SSSR count). The van der Waals surface area contributed by atoms with Crippen LogP contribution in [-0.2, 0) is 0 Å². The average Bonchev–Trinajstić information content (AvgIpc) is 2.80. The number of hydrogen-bond acceptors (Lipinski definition) is 4. The van der Waals surface area contributed by atoms with Crippen LogP contribution in [0, 0.1) is 6.92 Å². The summed E-state index contributed by atoms with van der Waals surface area (Å²) in [5.74, 6) is 0.507. The zero-order valence-corrected chi connectivity index (χ0v) is 12.7. The van der Waals surface area contributed by atoms with Gasteiger partial charge in [-0.2, -0.15) is 0 Å². The summed E-state index contributed by atoms with van der Waals surface area (Å²) in [5.41, 5.74) is 0.551. The van der Waals surface area contributed by atoms with Crippen LogP contribution in [0.2, 0.25) is 15.2 Å². The molecule has 3 aromatic rings. The summed E-state index contributed by atoms with van der Waals surface area (Å²) >= 11 is 19.9. The van der Waals surface area contributed by atoms with Crippen molar-refractivity contribution in [2.24, 2.45) is 0 Å². The monoisotopic (exact) mass is 329 g/mol. The lowest BCUT2D eigenvalue weighted by Gasteiger charge is -2.05. The summed E-state index contributed by atoms with van der Waals surface area (Å²) in [6.45, 7) is 1.92. The van der Waals surface area contributed by atoms with E-state index in [0.717, 1.165) is 9.88 Å². The molecule has 7 heteroatoms. The van der Waals surface area contributed by atoms with Crippen LogP contribution in [0.15, 0.2) is 18.3 Å². The fraction of sp³-hybridized carbons (Fsp3) is 0.0833. The molecule has 3 nitrogen and oxygen atoms in total. The lowest BCUT2D eigenvalue weighted by atomic mass is 10.2. The van der Waals surface area contributed by atoms with E-state index in [1.165, 1.54) is 11.3 Å². The van der Waals surface area contributed by atoms with Gasteiger partial charge in [-0.3, -0.25) is 0 Å². The molecular weight excluding hydrogens is 325 g/mol. The lowest BCUT2D eigenvalue weighted by molar-refractivity contribution is 1.23. The highest BCUT2D eigenvalue weighted by Gasteiger charge is 2.14. The Bertz CT molecular complexity index is 785. The van der Waals surface area contributed by atoms with Gasteiger partial charge in [0.1, 0.15) is 5.15 Å². The van der Waals surface area contributed by atoms with E-state index in [1.54, 1.807) is 18.3 Å². The average molecular weight is 331 g/mol. The lowest BCUT2D eigenvalue weighted by Crippen LogP contribution is -1.91. The van der Waals surface area contributed by atoms with Crippen molar-refractivity contribution in [1.82, 2.24) is 15.0 Å². The van der Waals surface area contributed by atoms with Crippen LogP contribution in [-0.4, -0.2) is 15.0 Å². The van der Waals surface area contributed by atoms with Crippen LogP contribution < -0.4 is 0 Å². The van der Waals surface area contributed by atoms with Crippen LogP contribution in [0.25, 0.3) is 21.6 Å². The molecule has 0 radical (unpaired) electrons. The molecule has 1 aromatic carbocycles. The summed E-state index contributed by atoms with van der Waals surface area (Å²) in [5, 5.41) is 2.77. The predicted octanol–water partition coefficient (Wildman–Crippen LogP) is 5.02. The molecule has 19 heavy (non-hydrogen) atoms. The van der Waals surface area contributed by atoms with Gasteiger partial charge >= 0.3 is 0 Å². The van der Waals surface area contributed by atoms with Crippen molar-refractivity contribution in [1.29, 1.82) is 0 Å². The first kappa shape index (κ1) is 13.1. The third kappa shape index (κ3) is 2.30. The molecule has 0 aliphatic carbocycles. The van der Waals surface area contributed by atoms with Crippen molar-refractivity contribution in [3.8, 4) is 10.7 Å². The predicted molar refractivity (Wildman–Crippen MR) is 80.4 cm³/mol. The van der Waals surface area contributed by atoms with Crippen molar-refractivity contribution < 1.29 is 0 Å². The first-order chi connectivity index (χ1) is 9.06. The highest BCUT2D eigenvalue weighted by Crippen LogP contribution is 2.35. The Labute approximate surface area is 128 Å². The van der Waals surface area contributed by atoms with Gasteiger partial charge in [0, 0.05) is 6.20 Å². The molecule has 0 bridgehead atoms. The Morgan fingerprint density at radius 1 is 1.05 bits per heavy atom. The minimum absolute atomic E-state index is 0.290. The molecule has 0 saturated carbocycles. The maximum absolute atomic E-state index is 6.19. The zero-order valence-electron chi connectivity index (χ0n) is 9.62. The smallest absolute Gasteiger partial charge is 0.173 e. The summed E-state index contributed by atoms with van der Waals surface area (Å²) in [6, 6.07) is 3.37. The highest BCUT2D eigenvalue weighted by atomic mass is 35.5. The maximum Gasteiger partial charge on any atom is 0.173 e. The molecule has 0 saturated heterocycles. The Morgan fingerprint density at radius 2 is 1.79 bits per heavy atom. The van der Waals surface area contributed by atoms with E-state index < -0.39 is 0 Å². The molecule has 0 unspecified atom stereocenters. The summed E-state index contributed by atoms with van der Waals surface area (Å²) < 4.78 is 0. The molecule has 2 heterocycles. The zero-order chi connectivity index (χ0) is 13.6. The van der Waals surface area contributed by atoms with E-state index in [9.17, 15) is 0 Å². The second-order valence-corrected chi connectivity index (χ2v) is 6.24. The van der Waals surface area contributed by atoms with Crippen LogP contribution in [0.5, 0.6) is 0 Å². The molecule has 0 fully saturated rings. The summed E-state index contributed by atoms with van der Waals surface area (Å²) in [6.07, 6.45) is 1.72. The minimum atomic E-state index is 0.290. The van der Waals surface area contributed by atoms with Crippen LogP contribution in [0.1, 0.15) is 5.01 Å². The summed E-state index contributed by atoms with van der Waals surface area (Å²) in [4.78, 5) is 13.7. The number of rotatable bonds is 1. The van der Waals surface area contributed by atoms with Gasteiger partial charge in [0.15, 0.2) is 5.82 Å². The first-order valence-electron chi connectivity index (χ1n) is 5.30. The quantitative estimate of drug-likeness (QED) is 0.588. The third-order valence-electron chi connectivity index (χ3n) is 2.55. The molecule has 2 aromatic heterocycles. The maximum atomic E-state index is 6.19. The van der Waals surface area contributed by atoms with E-state index in [1.807, 2.05) is 6.92 Å². The Kier molecular flexibility index (Phi) is 3.35. The van der Waals surface area contributed by atoms with Gasteiger partial charge < -0.3 is 0 Å². The first-order valence-corrected chi connectivity index (χ1v) is 7.25. The number of halogens is 3. The third-order valence-corrected chi connectivity index (χ3v) is 4.35. The minimum Gasteiger partial charge on any atom is -0.249 e. The molecule has 0 aliphatic rings. The van der Waals surface area contributed by atoms with Crippen molar-refractivity contribution in [2.45, 2.75) is 6.92 Å². The van der Waals surface area contributed by atoms with Crippen molar-refractivity contribution >= 4 is 57.0 Å². The fourth-order valence-corrected chi connectivity index (χ4v) is 3.17. The van der Waals surface area contributed by atoms with Crippen LogP contribution in [0.3, 0.4) is 0 Å². The normalized spacial score (nSPS) is 11.2. The van der Waals surface area contributed by atoms with Gasteiger partial charge in [0.05, 0.1) is 30.8 Å². The van der Waals surface area contributed by atoms with Gasteiger partial charge in [-0.15, -0.1) is 11.3 Å². The van der Waals surface area contributed by atoms with Crippen LogP contribution >= 0.6 is 46.1 Å². The largest absolute Gasteiger partial charge is 0.249 e. The number of nitrogens with zero attached hydrogens (tertiary/aromatic N) is 3. The molecule has 96 valence electrons. The van der Waals surface area contributed by atoms with E-state index in [0.29, 0.717) is 31.9 Å². The Morgan fingerprint density at radius 3 is 2.47 bits per heavy atom. The molecular formula is C12H6Cl3N3S. The molecule has 0 aliphatic heterocycles. The van der Waals surface area contributed by atoms with Crippen LogP contribution in [0.4, 0.5) is 0 Å².